The van der Waals surface area contributed by atoms with Crippen LogP contribution in [-0.4, -0.2) is 46.9 Å². The Hall–Kier alpha value is -0.870. The quantitative estimate of drug-likeness (QED) is 0.189. The lowest BCUT2D eigenvalue weighted by molar-refractivity contribution is 0.105. The summed E-state index contributed by atoms with van der Waals surface area (Å²) in [5, 5.41) is 6.88. The van der Waals surface area contributed by atoms with Gasteiger partial charge in [-0.1, -0.05) is 37.1 Å². The highest BCUT2D eigenvalue weighted by Gasteiger charge is 2.33. The van der Waals surface area contributed by atoms with E-state index in [1.165, 1.54) is 31.9 Å². The van der Waals surface area contributed by atoms with Crippen LogP contribution in [0.25, 0.3) is 0 Å². The Morgan fingerprint density at radius 2 is 1.73 bits per heavy atom. The van der Waals surface area contributed by atoms with Crippen LogP contribution in [0.1, 0.15) is 57.1 Å². The number of hydrogen-bond acceptors (Lipinski definition) is 4. The van der Waals surface area contributed by atoms with Crippen LogP contribution < -0.4 is 10.6 Å². The molecule has 8 heteroatoms. The molecule has 0 bridgehead atoms. The fourth-order valence-corrected chi connectivity index (χ4v) is 4.70. The number of sulfone groups is 1. The summed E-state index contributed by atoms with van der Waals surface area (Å²) in [6.07, 6.45) is 7.42. The predicted molar refractivity (Wildman–Crippen MR) is 135 cm³/mol. The van der Waals surface area contributed by atoms with Crippen molar-refractivity contribution in [1.29, 1.82) is 0 Å². The zero-order valence-electron chi connectivity index (χ0n) is 18.6. The molecule has 0 spiro atoms. The summed E-state index contributed by atoms with van der Waals surface area (Å²) in [6.45, 7) is 7.99. The van der Waals surface area contributed by atoms with Gasteiger partial charge in [-0.25, -0.2) is 13.4 Å². The highest BCUT2D eigenvalue weighted by molar-refractivity contribution is 14.0. The Balaban J connectivity index is 0.00000450. The lowest BCUT2D eigenvalue weighted by atomic mass is 9.83. The van der Waals surface area contributed by atoms with Crippen LogP contribution in [0.3, 0.4) is 0 Å². The average Bonchev–Trinajstić information content (AvgIpc) is 3.13. The molecule has 0 saturated heterocycles. The van der Waals surface area contributed by atoms with E-state index in [-0.39, 0.29) is 29.7 Å². The molecule has 1 saturated carbocycles. The van der Waals surface area contributed by atoms with Crippen LogP contribution >= 0.6 is 24.0 Å². The minimum Gasteiger partial charge on any atom is -0.382 e. The van der Waals surface area contributed by atoms with Gasteiger partial charge in [0.25, 0.3) is 0 Å². The molecular weight excluding hydrogens is 513 g/mol. The SMILES string of the molecule is CCNC(=NCc1ccc(CS(C)(=O)=O)cc1)NCC1(CCOCC)CCCC1.I. The molecule has 172 valence electrons. The van der Waals surface area contributed by atoms with Gasteiger partial charge < -0.3 is 15.4 Å². The predicted octanol–water partition coefficient (Wildman–Crippen LogP) is 3.89. The number of aliphatic imine (C=N–C) groups is 1. The van der Waals surface area contributed by atoms with Crippen LogP contribution in [0.2, 0.25) is 0 Å². The van der Waals surface area contributed by atoms with Crippen LogP contribution in [-0.2, 0) is 26.9 Å². The van der Waals surface area contributed by atoms with Gasteiger partial charge in [0.2, 0.25) is 0 Å². The smallest absolute Gasteiger partial charge is 0.191 e. The van der Waals surface area contributed by atoms with E-state index in [4.69, 9.17) is 9.73 Å². The van der Waals surface area contributed by atoms with Gasteiger partial charge in [-0.15, -0.1) is 24.0 Å². The summed E-state index contributed by atoms with van der Waals surface area (Å²) in [4.78, 5) is 4.72. The van der Waals surface area contributed by atoms with Crippen molar-refractivity contribution in [2.24, 2.45) is 10.4 Å². The fourth-order valence-electron chi connectivity index (χ4n) is 3.90. The van der Waals surface area contributed by atoms with E-state index in [1.807, 2.05) is 31.2 Å². The van der Waals surface area contributed by atoms with Gasteiger partial charge in [0.15, 0.2) is 15.8 Å². The fraction of sp³-hybridized carbons (Fsp3) is 0.682. The maximum Gasteiger partial charge on any atom is 0.191 e. The largest absolute Gasteiger partial charge is 0.382 e. The van der Waals surface area contributed by atoms with Crippen LogP contribution in [0.4, 0.5) is 0 Å². The summed E-state index contributed by atoms with van der Waals surface area (Å²) >= 11 is 0. The van der Waals surface area contributed by atoms with E-state index in [0.717, 1.165) is 49.8 Å². The molecule has 0 unspecified atom stereocenters. The Labute approximate surface area is 199 Å². The zero-order valence-corrected chi connectivity index (χ0v) is 21.7. The Morgan fingerprint density at radius 1 is 1.10 bits per heavy atom. The molecule has 2 N–H and O–H groups in total. The van der Waals surface area contributed by atoms with Gasteiger partial charge in [0.05, 0.1) is 12.3 Å². The number of benzene rings is 1. The number of ether oxygens (including phenoxy) is 1. The first-order valence-electron chi connectivity index (χ1n) is 10.7. The Bertz CT molecular complexity index is 745. The lowest BCUT2D eigenvalue weighted by Gasteiger charge is -2.30. The van der Waals surface area contributed by atoms with E-state index in [9.17, 15) is 8.42 Å². The van der Waals surface area contributed by atoms with Crippen molar-refractivity contribution >= 4 is 39.8 Å². The first kappa shape index (κ1) is 27.2. The van der Waals surface area contributed by atoms with E-state index in [0.29, 0.717) is 12.0 Å². The summed E-state index contributed by atoms with van der Waals surface area (Å²) < 4.78 is 28.4. The molecule has 6 nitrogen and oxygen atoms in total. The Morgan fingerprint density at radius 3 is 2.30 bits per heavy atom. The van der Waals surface area contributed by atoms with Crippen LogP contribution in [0.15, 0.2) is 29.3 Å². The number of nitrogens with one attached hydrogen (secondary N) is 2. The Kier molecular flexibility index (Phi) is 12.2. The molecule has 2 rings (SSSR count). The van der Waals surface area contributed by atoms with Gasteiger partial charge in [-0.3, -0.25) is 0 Å². The standard InChI is InChI=1S/C22H37N3O3S.HI/c1-4-23-21(25-18-22(12-6-7-13-22)14-15-28-5-2)24-16-19-8-10-20(11-9-19)17-29(3,26)27;/h8-11H,4-7,12-18H2,1-3H3,(H2,23,24,25);1H. The van der Waals surface area contributed by atoms with Crippen molar-refractivity contribution in [3.05, 3.63) is 35.4 Å². The molecule has 1 aliphatic carbocycles. The monoisotopic (exact) mass is 551 g/mol. The molecule has 0 radical (unpaired) electrons. The average molecular weight is 552 g/mol. The first-order chi connectivity index (χ1) is 13.9. The van der Waals surface area contributed by atoms with Gasteiger partial charge in [0, 0.05) is 32.6 Å². The van der Waals surface area contributed by atoms with Crippen molar-refractivity contribution < 1.29 is 13.2 Å². The molecule has 1 aromatic rings. The number of hydrogen-bond donors (Lipinski definition) is 2. The van der Waals surface area contributed by atoms with Gasteiger partial charge in [-0.05, 0) is 49.7 Å². The van der Waals surface area contributed by atoms with E-state index in [2.05, 4.69) is 17.6 Å². The molecule has 1 fully saturated rings. The number of guanidine groups is 1. The molecular formula is C22H38IN3O3S. The van der Waals surface area contributed by atoms with E-state index in [1.54, 1.807) is 0 Å². The van der Waals surface area contributed by atoms with Crippen molar-refractivity contribution in [3.8, 4) is 0 Å². The molecule has 0 heterocycles. The van der Waals surface area contributed by atoms with Gasteiger partial charge in [0.1, 0.15) is 0 Å². The molecule has 0 amide bonds. The second-order valence-electron chi connectivity index (χ2n) is 8.09. The van der Waals surface area contributed by atoms with Crippen molar-refractivity contribution in [2.75, 3.05) is 32.6 Å². The number of rotatable bonds is 11. The maximum absolute atomic E-state index is 11.4. The molecule has 30 heavy (non-hydrogen) atoms. The van der Waals surface area contributed by atoms with E-state index < -0.39 is 9.84 Å². The second kappa shape index (κ2) is 13.5. The number of halogens is 1. The normalized spacial score (nSPS) is 16.2. The summed E-state index contributed by atoms with van der Waals surface area (Å²) in [5.74, 6) is 0.903. The maximum atomic E-state index is 11.4. The van der Waals surface area contributed by atoms with Gasteiger partial charge in [-0.2, -0.15) is 0 Å². The van der Waals surface area contributed by atoms with Crippen LogP contribution in [0, 0.1) is 5.41 Å². The van der Waals surface area contributed by atoms with Crippen molar-refractivity contribution in [3.63, 3.8) is 0 Å². The highest BCUT2D eigenvalue weighted by atomic mass is 127. The highest BCUT2D eigenvalue weighted by Crippen LogP contribution is 2.40. The lowest BCUT2D eigenvalue weighted by Crippen LogP contribution is -2.43. The summed E-state index contributed by atoms with van der Waals surface area (Å²) in [6, 6.07) is 7.64. The third kappa shape index (κ3) is 9.96. The van der Waals surface area contributed by atoms with Crippen LogP contribution in [0.5, 0.6) is 0 Å². The van der Waals surface area contributed by atoms with Crippen molar-refractivity contribution in [2.45, 2.75) is 58.2 Å². The third-order valence-electron chi connectivity index (χ3n) is 5.49. The number of nitrogens with zero attached hydrogens (tertiary/aromatic N) is 1. The van der Waals surface area contributed by atoms with Crippen molar-refractivity contribution in [1.82, 2.24) is 10.6 Å². The molecule has 0 aliphatic heterocycles. The third-order valence-corrected chi connectivity index (χ3v) is 6.35. The van der Waals surface area contributed by atoms with Gasteiger partial charge >= 0.3 is 0 Å². The zero-order chi connectivity index (χ0) is 21.2. The topological polar surface area (TPSA) is 79.8 Å². The molecule has 1 aliphatic rings. The first-order valence-corrected chi connectivity index (χ1v) is 12.8. The molecule has 0 atom stereocenters. The second-order valence-corrected chi connectivity index (χ2v) is 10.2. The van der Waals surface area contributed by atoms with E-state index >= 15 is 0 Å². The minimum atomic E-state index is -3.01. The minimum absolute atomic E-state index is 0. The summed E-state index contributed by atoms with van der Waals surface area (Å²) in [5.41, 5.74) is 2.17. The molecule has 0 aromatic heterocycles. The summed E-state index contributed by atoms with van der Waals surface area (Å²) in [7, 11) is -3.01. The molecule has 1 aromatic carbocycles.